The Labute approximate surface area is 134 Å². The predicted octanol–water partition coefficient (Wildman–Crippen LogP) is 2.53. The molecule has 0 saturated heterocycles. The summed E-state index contributed by atoms with van der Waals surface area (Å²) >= 11 is 0. The monoisotopic (exact) mass is 310 g/mol. The molecule has 1 aliphatic heterocycles. The Hall–Kier alpha value is -2.95. The smallest absolute Gasteiger partial charge is 0.340 e. The standard InChI is InChI=1S/C18H18N2O3/c1-2-22-18(21)16-15(11-6-4-3-5-7-11)13-9-8-12(19)10-14(13)23-17(16)20/h3-10,15H,2,19-20H2,1H3/t15-/m1/s1. The number of benzene rings is 2. The molecule has 0 aliphatic carbocycles. The molecule has 1 aliphatic rings. The molecule has 118 valence electrons. The second kappa shape index (κ2) is 6.04. The second-order valence-electron chi connectivity index (χ2n) is 5.24. The number of hydrogen-bond acceptors (Lipinski definition) is 5. The van der Waals surface area contributed by atoms with Crippen LogP contribution >= 0.6 is 0 Å². The average molecular weight is 310 g/mol. The van der Waals surface area contributed by atoms with Gasteiger partial charge in [0.25, 0.3) is 0 Å². The van der Waals surface area contributed by atoms with E-state index in [1.807, 2.05) is 36.4 Å². The van der Waals surface area contributed by atoms with Crippen LogP contribution in [0, 0.1) is 0 Å². The van der Waals surface area contributed by atoms with Gasteiger partial charge in [-0.3, -0.25) is 0 Å². The summed E-state index contributed by atoms with van der Waals surface area (Å²) in [7, 11) is 0. The summed E-state index contributed by atoms with van der Waals surface area (Å²) in [5, 5.41) is 0. The first-order valence-corrected chi connectivity index (χ1v) is 7.40. The fourth-order valence-corrected chi connectivity index (χ4v) is 2.77. The maximum absolute atomic E-state index is 12.4. The highest BCUT2D eigenvalue weighted by molar-refractivity contribution is 5.92. The highest BCUT2D eigenvalue weighted by Crippen LogP contribution is 2.43. The van der Waals surface area contributed by atoms with Crippen LogP contribution < -0.4 is 16.2 Å². The number of rotatable bonds is 3. The molecule has 23 heavy (non-hydrogen) atoms. The van der Waals surface area contributed by atoms with Gasteiger partial charge in [-0.25, -0.2) is 4.79 Å². The van der Waals surface area contributed by atoms with E-state index in [1.54, 1.807) is 19.1 Å². The van der Waals surface area contributed by atoms with Crippen molar-refractivity contribution in [2.45, 2.75) is 12.8 Å². The van der Waals surface area contributed by atoms with Crippen molar-refractivity contribution in [3.05, 3.63) is 71.1 Å². The number of anilines is 1. The molecule has 4 N–H and O–H groups in total. The topological polar surface area (TPSA) is 87.6 Å². The van der Waals surface area contributed by atoms with Gasteiger partial charge in [0, 0.05) is 17.3 Å². The van der Waals surface area contributed by atoms with Gasteiger partial charge in [-0.05, 0) is 18.6 Å². The third kappa shape index (κ3) is 2.73. The maximum atomic E-state index is 12.4. The van der Waals surface area contributed by atoms with Crippen molar-refractivity contribution in [1.82, 2.24) is 0 Å². The van der Waals surface area contributed by atoms with Crippen LogP contribution in [0.4, 0.5) is 5.69 Å². The number of nitrogen functional groups attached to an aromatic ring is 1. The molecule has 1 atom stereocenters. The lowest BCUT2D eigenvalue weighted by atomic mass is 9.83. The molecule has 5 nitrogen and oxygen atoms in total. The van der Waals surface area contributed by atoms with Crippen LogP contribution in [0.5, 0.6) is 5.75 Å². The molecular formula is C18H18N2O3. The summed E-state index contributed by atoms with van der Waals surface area (Å²) in [4.78, 5) is 12.4. The van der Waals surface area contributed by atoms with Gasteiger partial charge in [0.2, 0.25) is 5.88 Å². The molecule has 0 amide bonds. The number of carbonyl (C=O) groups excluding carboxylic acids is 1. The first kappa shape index (κ1) is 15.0. The van der Waals surface area contributed by atoms with Gasteiger partial charge in [-0.2, -0.15) is 0 Å². The summed E-state index contributed by atoms with van der Waals surface area (Å²) in [5.74, 6) is -0.208. The molecule has 0 unspecified atom stereocenters. The zero-order valence-electron chi connectivity index (χ0n) is 12.8. The Morgan fingerprint density at radius 2 is 1.91 bits per heavy atom. The molecule has 3 rings (SSSR count). The molecule has 0 saturated carbocycles. The molecule has 0 spiro atoms. The number of carbonyl (C=O) groups is 1. The van der Waals surface area contributed by atoms with Crippen LogP contribution in [0.3, 0.4) is 0 Å². The first-order valence-electron chi connectivity index (χ1n) is 7.40. The third-order valence-electron chi connectivity index (χ3n) is 3.75. The Morgan fingerprint density at radius 3 is 2.61 bits per heavy atom. The van der Waals surface area contributed by atoms with Crippen molar-refractivity contribution in [1.29, 1.82) is 0 Å². The summed E-state index contributed by atoms with van der Waals surface area (Å²) in [6, 6.07) is 15.0. The average Bonchev–Trinajstić information content (AvgIpc) is 2.54. The highest BCUT2D eigenvalue weighted by Gasteiger charge is 2.35. The molecular weight excluding hydrogens is 292 g/mol. The van der Waals surface area contributed by atoms with E-state index in [9.17, 15) is 4.79 Å². The molecule has 1 heterocycles. The summed E-state index contributed by atoms with van der Waals surface area (Å²) in [6.07, 6.45) is 0. The summed E-state index contributed by atoms with van der Waals surface area (Å²) in [6.45, 7) is 2.02. The predicted molar refractivity (Wildman–Crippen MR) is 87.6 cm³/mol. The number of fused-ring (bicyclic) bond motifs is 1. The van der Waals surface area contributed by atoms with Crippen molar-refractivity contribution in [2.24, 2.45) is 5.73 Å². The Morgan fingerprint density at radius 1 is 1.17 bits per heavy atom. The van der Waals surface area contributed by atoms with E-state index in [4.69, 9.17) is 20.9 Å². The fourth-order valence-electron chi connectivity index (χ4n) is 2.77. The van der Waals surface area contributed by atoms with Crippen molar-refractivity contribution in [3.63, 3.8) is 0 Å². The van der Waals surface area contributed by atoms with Gasteiger partial charge in [-0.15, -0.1) is 0 Å². The van der Waals surface area contributed by atoms with Crippen molar-refractivity contribution in [3.8, 4) is 5.75 Å². The van der Waals surface area contributed by atoms with Crippen LogP contribution in [-0.2, 0) is 9.53 Å². The maximum Gasteiger partial charge on any atom is 0.340 e. The van der Waals surface area contributed by atoms with Crippen LogP contribution in [0.25, 0.3) is 0 Å². The summed E-state index contributed by atoms with van der Waals surface area (Å²) in [5.41, 5.74) is 14.5. The van der Waals surface area contributed by atoms with Crippen LogP contribution in [0.1, 0.15) is 24.0 Å². The van der Waals surface area contributed by atoms with Gasteiger partial charge in [0.15, 0.2) is 0 Å². The number of hydrogen-bond donors (Lipinski definition) is 2. The zero-order valence-corrected chi connectivity index (χ0v) is 12.8. The van der Waals surface area contributed by atoms with E-state index >= 15 is 0 Å². The lowest BCUT2D eigenvalue weighted by Gasteiger charge is -2.28. The van der Waals surface area contributed by atoms with E-state index < -0.39 is 5.97 Å². The van der Waals surface area contributed by atoms with Gasteiger partial charge >= 0.3 is 5.97 Å². The van der Waals surface area contributed by atoms with E-state index in [0.717, 1.165) is 11.1 Å². The quantitative estimate of drug-likeness (QED) is 0.672. The molecule has 2 aromatic carbocycles. The normalized spacial score (nSPS) is 16.5. The molecule has 5 heteroatoms. The van der Waals surface area contributed by atoms with E-state index in [1.165, 1.54) is 0 Å². The van der Waals surface area contributed by atoms with Crippen molar-refractivity contribution >= 4 is 11.7 Å². The molecule has 0 bridgehead atoms. The highest BCUT2D eigenvalue weighted by atomic mass is 16.5. The number of nitrogens with two attached hydrogens (primary N) is 2. The summed E-state index contributed by atoms with van der Waals surface area (Å²) < 4.78 is 10.8. The number of esters is 1. The molecule has 0 aromatic heterocycles. The Balaban J connectivity index is 2.18. The first-order chi connectivity index (χ1) is 11.1. The fraction of sp³-hybridized carbons (Fsp3) is 0.167. The van der Waals surface area contributed by atoms with E-state index in [2.05, 4.69) is 0 Å². The van der Waals surface area contributed by atoms with Gasteiger partial charge in [0.05, 0.1) is 12.5 Å². The third-order valence-corrected chi connectivity index (χ3v) is 3.75. The van der Waals surface area contributed by atoms with Crippen molar-refractivity contribution < 1.29 is 14.3 Å². The zero-order chi connectivity index (χ0) is 16.4. The van der Waals surface area contributed by atoms with Gasteiger partial charge in [0.1, 0.15) is 11.3 Å². The van der Waals surface area contributed by atoms with Crippen molar-refractivity contribution in [2.75, 3.05) is 12.3 Å². The van der Waals surface area contributed by atoms with Gasteiger partial charge in [-0.1, -0.05) is 36.4 Å². The molecule has 0 radical (unpaired) electrons. The SMILES string of the molecule is CCOC(=O)C1=C(N)Oc2cc(N)ccc2[C@H]1c1ccccc1. The largest absolute Gasteiger partial charge is 0.462 e. The van der Waals surface area contributed by atoms with Crippen LogP contribution in [0.15, 0.2) is 60.0 Å². The van der Waals surface area contributed by atoms with E-state index in [0.29, 0.717) is 17.0 Å². The van der Waals surface area contributed by atoms with Crippen LogP contribution in [0.2, 0.25) is 0 Å². The minimum Gasteiger partial charge on any atom is -0.462 e. The minimum atomic E-state index is -0.471. The van der Waals surface area contributed by atoms with E-state index in [-0.39, 0.29) is 18.4 Å². The van der Waals surface area contributed by atoms with Gasteiger partial charge < -0.3 is 20.9 Å². The number of ether oxygens (including phenoxy) is 2. The minimum absolute atomic E-state index is 0.0513. The molecule has 2 aromatic rings. The lowest BCUT2D eigenvalue weighted by Crippen LogP contribution is -2.27. The Kier molecular flexibility index (Phi) is 3.93. The molecule has 0 fully saturated rings. The van der Waals surface area contributed by atoms with Crippen LogP contribution in [-0.4, -0.2) is 12.6 Å². The Bertz CT molecular complexity index is 769. The second-order valence-corrected chi connectivity index (χ2v) is 5.24. The lowest BCUT2D eigenvalue weighted by molar-refractivity contribution is -0.139.